The van der Waals surface area contributed by atoms with E-state index in [9.17, 15) is 0 Å². The van der Waals surface area contributed by atoms with E-state index in [-0.39, 0.29) is 6.04 Å². The number of anilines is 1. The van der Waals surface area contributed by atoms with Crippen LogP contribution in [0.3, 0.4) is 0 Å². The van der Waals surface area contributed by atoms with E-state index in [0.717, 1.165) is 31.0 Å². The monoisotopic (exact) mass is 314 g/mol. The molecule has 1 aliphatic heterocycles. The quantitative estimate of drug-likeness (QED) is 0.919. The highest BCUT2D eigenvalue weighted by molar-refractivity contribution is 6.30. The van der Waals surface area contributed by atoms with Crippen molar-refractivity contribution in [3.05, 3.63) is 64.7 Å². The van der Waals surface area contributed by atoms with E-state index in [0.29, 0.717) is 5.92 Å². The first kappa shape index (κ1) is 15.4. The Kier molecular flexibility index (Phi) is 4.70. The minimum absolute atomic E-state index is 0.209. The van der Waals surface area contributed by atoms with Crippen LogP contribution in [0, 0.1) is 0 Å². The van der Waals surface area contributed by atoms with E-state index < -0.39 is 0 Å². The lowest BCUT2D eigenvalue weighted by Crippen LogP contribution is -2.46. The summed E-state index contributed by atoms with van der Waals surface area (Å²) in [5, 5.41) is 0.775. The molecule has 3 rings (SSSR count). The lowest BCUT2D eigenvalue weighted by Gasteiger charge is -2.38. The molecule has 2 nitrogen and oxygen atoms in total. The van der Waals surface area contributed by atoms with Gasteiger partial charge in [0, 0.05) is 35.8 Å². The van der Waals surface area contributed by atoms with Crippen molar-refractivity contribution in [2.45, 2.75) is 31.7 Å². The van der Waals surface area contributed by atoms with E-state index in [1.165, 1.54) is 16.8 Å². The molecule has 2 aromatic rings. The summed E-state index contributed by atoms with van der Waals surface area (Å²) in [5.41, 5.74) is 10.3. The lowest BCUT2D eigenvalue weighted by atomic mass is 9.87. The Morgan fingerprint density at radius 1 is 1.05 bits per heavy atom. The van der Waals surface area contributed by atoms with Crippen LogP contribution in [0.15, 0.2) is 48.5 Å². The van der Waals surface area contributed by atoms with Crippen LogP contribution in [0.1, 0.15) is 30.4 Å². The molecule has 0 amide bonds. The first-order valence-electron chi connectivity index (χ1n) is 8.00. The molecule has 0 bridgehead atoms. The van der Waals surface area contributed by atoms with Gasteiger partial charge in [-0.1, -0.05) is 42.8 Å². The second kappa shape index (κ2) is 6.72. The van der Waals surface area contributed by atoms with Crippen molar-refractivity contribution in [2.24, 2.45) is 5.73 Å². The number of nitrogens with zero attached hydrogens (tertiary/aromatic N) is 1. The Balaban J connectivity index is 1.79. The summed E-state index contributed by atoms with van der Waals surface area (Å²) in [4.78, 5) is 2.38. The third-order valence-corrected chi connectivity index (χ3v) is 4.79. The Labute approximate surface area is 137 Å². The second-order valence-electron chi connectivity index (χ2n) is 6.17. The molecule has 1 heterocycles. The van der Waals surface area contributed by atoms with Crippen LogP contribution in [-0.2, 0) is 6.42 Å². The average molecular weight is 315 g/mol. The molecule has 2 atom stereocenters. The van der Waals surface area contributed by atoms with Crippen molar-refractivity contribution in [1.82, 2.24) is 0 Å². The zero-order valence-electron chi connectivity index (χ0n) is 13.0. The topological polar surface area (TPSA) is 29.3 Å². The number of rotatable bonds is 3. The molecule has 3 heteroatoms. The number of halogens is 1. The molecule has 1 aliphatic rings. The van der Waals surface area contributed by atoms with Gasteiger partial charge in [0.2, 0.25) is 0 Å². The summed E-state index contributed by atoms with van der Waals surface area (Å²) in [6.07, 6.45) is 2.14. The molecule has 22 heavy (non-hydrogen) atoms. The summed E-state index contributed by atoms with van der Waals surface area (Å²) in [6, 6.07) is 17.3. The molecule has 1 fully saturated rings. The second-order valence-corrected chi connectivity index (χ2v) is 6.61. The van der Waals surface area contributed by atoms with Crippen LogP contribution >= 0.6 is 11.6 Å². The summed E-state index contributed by atoms with van der Waals surface area (Å²) >= 11 is 5.99. The zero-order valence-corrected chi connectivity index (χ0v) is 13.8. The summed E-state index contributed by atoms with van der Waals surface area (Å²) in [5.74, 6) is 0.491. The fourth-order valence-electron chi connectivity index (χ4n) is 3.27. The van der Waals surface area contributed by atoms with Crippen LogP contribution < -0.4 is 10.6 Å². The van der Waals surface area contributed by atoms with Crippen molar-refractivity contribution in [3.8, 4) is 0 Å². The van der Waals surface area contributed by atoms with Crippen LogP contribution in [0.5, 0.6) is 0 Å². The minimum Gasteiger partial charge on any atom is -0.369 e. The number of hydrogen-bond acceptors (Lipinski definition) is 2. The Bertz CT molecular complexity index is 606. The van der Waals surface area contributed by atoms with E-state index in [2.05, 4.69) is 48.2 Å². The lowest BCUT2D eigenvalue weighted by molar-refractivity contribution is 0.454. The molecule has 2 N–H and O–H groups in total. The summed E-state index contributed by atoms with van der Waals surface area (Å²) < 4.78 is 0. The Morgan fingerprint density at radius 2 is 1.73 bits per heavy atom. The minimum atomic E-state index is 0.209. The predicted octanol–water partition coefficient (Wildman–Crippen LogP) is 4.22. The van der Waals surface area contributed by atoms with Gasteiger partial charge in [-0.15, -0.1) is 0 Å². The maximum absolute atomic E-state index is 6.31. The van der Waals surface area contributed by atoms with Crippen molar-refractivity contribution in [3.63, 3.8) is 0 Å². The van der Waals surface area contributed by atoms with E-state index >= 15 is 0 Å². The highest BCUT2D eigenvalue weighted by Gasteiger charge is 2.26. The Hall–Kier alpha value is -1.51. The maximum Gasteiger partial charge on any atom is 0.0407 e. The first-order valence-corrected chi connectivity index (χ1v) is 8.38. The Morgan fingerprint density at radius 3 is 2.36 bits per heavy atom. The zero-order chi connectivity index (χ0) is 15.5. The predicted molar refractivity (Wildman–Crippen MR) is 94.8 cm³/mol. The van der Waals surface area contributed by atoms with Gasteiger partial charge in [-0.05, 0) is 48.2 Å². The van der Waals surface area contributed by atoms with Gasteiger partial charge in [-0.2, -0.15) is 0 Å². The van der Waals surface area contributed by atoms with Gasteiger partial charge >= 0.3 is 0 Å². The van der Waals surface area contributed by atoms with Gasteiger partial charge in [0.1, 0.15) is 0 Å². The van der Waals surface area contributed by atoms with Gasteiger partial charge in [-0.3, -0.25) is 0 Å². The number of piperidine rings is 1. The highest BCUT2D eigenvalue weighted by atomic mass is 35.5. The highest BCUT2D eigenvalue weighted by Crippen LogP contribution is 2.30. The molecule has 2 unspecified atom stereocenters. The largest absolute Gasteiger partial charge is 0.369 e. The molecule has 1 saturated heterocycles. The van der Waals surface area contributed by atoms with E-state index in [1.807, 2.05) is 12.1 Å². The molecular formula is C19H23ClN2. The standard InChI is InChI=1S/C19H23ClN2/c1-2-14-3-5-15(6-4-14)16-11-18(21)13-22(12-16)19-9-7-17(20)8-10-19/h3-10,16,18H,2,11-13,21H2,1H3. The summed E-state index contributed by atoms with van der Waals surface area (Å²) in [6.45, 7) is 4.11. The first-order chi connectivity index (χ1) is 10.7. The number of aryl methyl sites for hydroxylation is 1. The van der Waals surface area contributed by atoms with Crippen LogP contribution in [-0.4, -0.2) is 19.1 Å². The van der Waals surface area contributed by atoms with Crippen LogP contribution in [0.2, 0.25) is 5.02 Å². The molecule has 0 radical (unpaired) electrons. The molecule has 0 aliphatic carbocycles. The molecular weight excluding hydrogens is 292 g/mol. The van der Waals surface area contributed by atoms with Gasteiger partial charge in [-0.25, -0.2) is 0 Å². The number of benzene rings is 2. The van der Waals surface area contributed by atoms with E-state index in [4.69, 9.17) is 17.3 Å². The molecule has 2 aromatic carbocycles. The van der Waals surface area contributed by atoms with Gasteiger partial charge in [0.15, 0.2) is 0 Å². The SMILES string of the molecule is CCc1ccc(C2CC(N)CN(c3ccc(Cl)cc3)C2)cc1. The molecule has 0 spiro atoms. The van der Waals surface area contributed by atoms with Gasteiger partial charge in [0.05, 0.1) is 0 Å². The number of hydrogen-bond donors (Lipinski definition) is 1. The van der Waals surface area contributed by atoms with Gasteiger partial charge in [0.25, 0.3) is 0 Å². The number of nitrogens with two attached hydrogens (primary N) is 1. The van der Waals surface area contributed by atoms with Crippen LogP contribution in [0.4, 0.5) is 5.69 Å². The third-order valence-electron chi connectivity index (χ3n) is 4.53. The van der Waals surface area contributed by atoms with Crippen molar-refractivity contribution < 1.29 is 0 Å². The van der Waals surface area contributed by atoms with Crippen LogP contribution in [0.25, 0.3) is 0 Å². The van der Waals surface area contributed by atoms with Crippen molar-refractivity contribution >= 4 is 17.3 Å². The van der Waals surface area contributed by atoms with E-state index in [1.54, 1.807) is 0 Å². The molecule has 0 aromatic heterocycles. The molecule has 116 valence electrons. The third kappa shape index (κ3) is 3.45. The normalized spacial score (nSPS) is 21.9. The van der Waals surface area contributed by atoms with Crippen molar-refractivity contribution in [2.75, 3.05) is 18.0 Å². The fourth-order valence-corrected chi connectivity index (χ4v) is 3.39. The molecule has 0 saturated carbocycles. The maximum atomic E-state index is 6.31. The summed E-state index contributed by atoms with van der Waals surface area (Å²) in [7, 11) is 0. The average Bonchev–Trinajstić information content (AvgIpc) is 2.55. The van der Waals surface area contributed by atoms with Gasteiger partial charge < -0.3 is 10.6 Å². The smallest absolute Gasteiger partial charge is 0.0407 e. The van der Waals surface area contributed by atoms with Crippen molar-refractivity contribution in [1.29, 1.82) is 0 Å². The fraction of sp³-hybridized carbons (Fsp3) is 0.368.